The van der Waals surface area contributed by atoms with Crippen LogP contribution in [0.2, 0.25) is 0 Å². The highest BCUT2D eigenvalue weighted by molar-refractivity contribution is 5.79. The second-order valence-electron chi connectivity index (χ2n) is 6.00. The van der Waals surface area contributed by atoms with Gasteiger partial charge in [0.25, 0.3) is 0 Å². The van der Waals surface area contributed by atoms with Gasteiger partial charge in [-0.3, -0.25) is 9.69 Å². The van der Waals surface area contributed by atoms with Gasteiger partial charge in [-0.15, -0.1) is 0 Å². The molecule has 7 heteroatoms. The number of carboxylic acids is 1. The molecule has 1 amide bonds. The van der Waals surface area contributed by atoms with Gasteiger partial charge in [-0.1, -0.05) is 0 Å². The Morgan fingerprint density at radius 1 is 1.35 bits per heavy atom. The molecule has 0 spiro atoms. The molecule has 114 valence electrons. The molecule has 2 fully saturated rings. The molecule has 0 unspecified atom stereocenters. The van der Waals surface area contributed by atoms with Crippen LogP contribution in [0.4, 0.5) is 0 Å². The number of ether oxygens (including phenoxy) is 1. The van der Waals surface area contributed by atoms with E-state index in [1.807, 2.05) is 6.92 Å². The Bertz CT molecular complexity index is 374. The predicted octanol–water partition coefficient (Wildman–Crippen LogP) is -0.888. The van der Waals surface area contributed by atoms with Crippen molar-refractivity contribution >= 4 is 11.9 Å². The largest absolute Gasteiger partial charge is 0.480 e. The van der Waals surface area contributed by atoms with Gasteiger partial charge in [0.15, 0.2) is 0 Å². The van der Waals surface area contributed by atoms with Gasteiger partial charge in [0.1, 0.15) is 12.2 Å². The first-order valence-corrected chi connectivity index (χ1v) is 6.99. The third-order valence-corrected chi connectivity index (χ3v) is 3.94. The van der Waals surface area contributed by atoms with Gasteiger partial charge in [0.2, 0.25) is 5.91 Å². The first-order valence-electron chi connectivity index (χ1n) is 6.99. The SMILES string of the molecule is CC1(OCC(=O)O)CN(C(=O)CN2CCC(N)CC2)C1. The number of rotatable bonds is 5. The van der Waals surface area contributed by atoms with E-state index in [0.29, 0.717) is 19.6 Å². The van der Waals surface area contributed by atoms with E-state index < -0.39 is 11.6 Å². The average Bonchev–Trinajstić information content (AvgIpc) is 2.35. The Hall–Kier alpha value is -1.18. The van der Waals surface area contributed by atoms with Crippen molar-refractivity contribution in [1.29, 1.82) is 0 Å². The van der Waals surface area contributed by atoms with E-state index in [9.17, 15) is 9.59 Å². The van der Waals surface area contributed by atoms with Crippen LogP contribution in [0.25, 0.3) is 0 Å². The number of hydrogen-bond acceptors (Lipinski definition) is 5. The van der Waals surface area contributed by atoms with Crippen molar-refractivity contribution in [3.63, 3.8) is 0 Å². The van der Waals surface area contributed by atoms with Crippen molar-refractivity contribution in [3.8, 4) is 0 Å². The molecule has 3 N–H and O–H groups in total. The van der Waals surface area contributed by atoms with Crippen LogP contribution < -0.4 is 5.73 Å². The zero-order valence-corrected chi connectivity index (χ0v) is 11.9. The van der Waals surface area contributed by atoms with Crippen LogP contribution in [0.3, 0.4) is 0 Å². The molecule has 0 radical (unpaired) electrons. The Kier molecular flexibility index (Phi) is 4.62. The lowest BCUT2D eigenvalue weighted by atomic mass is 9.96. The highest BCUT2D eigenvalue weighted by Gasteiger charge is 2.42. The molecule has 0 bridgehead atoms. The highest BCUT2D eigenvalue weighted by Crippen LogP contribution is 2.25. The summed E-state index contributed by atoms with van der Waals surface area (Å²) in [5.74, 6) is -0.905. The smallest absolute Gasteiger partial charge is 0.329 e. The van der Waals surface area contributed by atoms with Crippen LogP contribution in [0.15, 0.2) is 0 Å². The molecule has 2 rings (SSSR count). The van der Waals surface area contributed by atoms with Gasteiger partial charge in [0, 0.05) is 19.1 Å². The minimum Gasteiger partial charge on any atom is -0.480 e. The number of aliphatic carboxylic acids is 1. The average molecular weight is 285 g/mol. The normalized spacial score (nSPS) is 23.4. The van der Waals surface area contributed by atoms with Crippen molar-refractivity contribution in [2.75, 3.05) is 39.3 Å². The number of nitrogens with zero attached hydrogens (tertiary/aromatic N) is 2. The second-order valence-corrected chi connectivity index (χ2v) is 6.00. The van der Waals surface area contributed by atoms with E-state index in [1.165, 1.54) is 0 Å². The number of amides is 1. The fourth-order valence-electron chi connectivity index (χ4n) is 2.67. The molecule has 20 heavy (non-hydrogen) atoms. The summed E-state index contributed by atoms with van der Waals surface area (Å²) in [6.45, 7) is 4.60. The summed E-state index contributed by atoms with van der Waals surface area (Å²) >= 11 is 0. The maximum absolute atomic E-state index is 12.1. The molecule has 0 aromatic rings. The van der Waals surface area contributed by atoms with Crippen LogP contribution in [0, 0.1) is 0 Å². The molecule has 2 heterocycles. The summed E-state index contributed by atoms with van der Waals surface area (Å²) in [4.78, 5) is 26.4. The Balaban J connectivity index is 1.69. The van der Waals surface area contributed by atoms with Crippen molar-refractivity contribution in [2.45, 2.75) is 31.4 Å². The van der Waals surface area contributed by atoms with Gasteiger partial charge >= 0.3 is 5.97 Å². The second kappa shape index (κ2) is 6.07. The summed E-state index contributed by atoms with van der Waals surface area (Å²) in [6.07, 6.45) is 1.87. The highest BCUT2D eigenvalue weighted by atomic mass is 16.5. The van der Waals surface area contributed by atoms with Crippen LogP contribution >= 0.6 is 0 Å². The lowest BCUT2D eigenvalue weighted by Crippen LogP contribution is -2.64. The zero-order chi connectivity index (χ0) is 14.8. The van der Waals surface area contributed by atoms with Crippen molar-refractivity contribution in [3.05, 3.63) is 0 Å². The number of carbonyl (C=O) groups is 2. The maximum atomic E-state index is 12.1. The van der Waals surface area contributed by atoms with Gasteiger partial charge in [0.05, 0.1) is 19.6 Å². The summed E-state index contributed by atoms with van der Waals surface area (Å²) in [5, 5.41) is 8.59. The van der Waals surface area contributed by atoms with Gasteiger partial charge in [-0.05, 0) is 19.8 Å². The zero-order valence-electron chi connectivity index (χ0n) is 11.9. The Morgan fingerprint density at radius 2 is 1.95 bits per heavy atom. The first kappa shape index (κ1) is 15.2. The number of carboxylic acid groups (broad SMARTS) is 1. The van der Waals surface area contributed by atoms with Gasteiger partial charge in [-0.2, -0.15) is 0 Å². The Morgan fingerprint density at radius 3 is 2.50 bits per heavy atom. The van der Waals surface area contributed by atoms with E-state index in [1.54, 1.807) is 4.90 Å². The molecular weight excluding hydrogens is 262 g/mol. The fourth-order valence-corrected chi connectivity index (χ4v) is 2.67. The molecule has 0 saturated carbocycles. The third kappa shape index (κ3) is 3.91. The van der Waals surface area contributed by atoms with E-state index in [0.717, 1.165) is 25.9 Å². The molecule has 2 aliphatic heterocycles. The molecule has 0 aromatic heterocycles. The predicted molar refractivity (Wildman–Crippen MR) is 72.2 cm³/mol. The van der Waals surface area contributed by atoms with Crippen molar-refractivity contribution in [1.82, 2.24) is 9.80 Å². The number of piperidine rings is 1. The van der Waals surface area contributed by atoms with Gasteiger partial charge < -0.3 is 20.5 Å². The van der Waals surface area contributed by atoms with Gasteiger partial charge in [-0.25, -0.2) is 4.79 Å². The summed E-state index contributed by atoms with van der Waals surface area (Å²) in [7, 11) is 0. The van der Waals surface area contributed by atoms with Crippen LogP contribution in [-0.4, -0.2) is 77.8 Å². The molecule has 7 nitrogen and oxygen atoms in total. The quantitative estimate of drug-likeness (QED) is 0.680. The molecule has 2 saturated heterocycles. The number of carbonyl (C=O) groups excluding carboxylic acids is 1. The lowest BCUT2D eigenvalue weighted by molar-refractivity contribution is -0.173. The molecule has 0 atom stereocenters. The molecule has 0 aliphatic carbocycles. The van der Waals surface area contributed by atoms with Crippen LogP contribution in [-0.2, 0) is 14.3 Å². The standard InChI is InChI=1S/C13H23N3O4/c1-13(20-7-12(18)19)8-16(9-13)11(17)6-15-4-2-10(14)3-5-15/h10H,2-9,14H2,1H3,(H,18,19). The first-order chi connectivity index (χ1) is 9.38. The van der Waals surface area contributed by atoms with E-state index in [4.69, 9.17) is 15.6 Å². The molecule has 0 aromatic carbocycles. The third-order valence-electron chi connectivity index (χ3n) is 3.94. The summed E-state index contributed by atoms with van der Waals surface area (Å²) in [5.41, 5.74) is 5.32. The summed E-state index contributed by atoms with van der Waals surface area (Å²) in [6, 6.07) is 0.262. The number of hydrogen-bond donors (Lipinski definition) is 2. The number of nitrogens with two attached hydrogens (primary N) is 1. The van der Waals surface area contributed by atoms with E-state index in [-0.39, 0.29) is 18.6 Å². The van der Waals surface area contributed by atoms with E-state index >= 15 is 0 Å². The monoisotopic (exact) mass is 285 g/mol. The topological polar surface area (TPSA) is 96.1 Å². The van der Waals surface area contributed by atoms with E-state index in [2.05, 4.69) is 4.90 Å². The minimum atomic E-state index is -0.986. The maximum Gasteiger partial charge on any atom is 0.329 e. The van der Waals surface area contributed by atoms with Crippen molar-refractivity contribution in [2.24, 2.45) is 5.73 Å². The lowest BCUT2D eigenvalue weighted by Gasteiger charge is -2.47. The molecule has 2 aliphatic rings. The fraction of sp³-hybridized carbons (Fsp3) is 0.846. The van der Waals surface area contributed by atoms with Crippen LogP contribution in [0.5, 0.6) is 0 Å². The Labute approximate surface area is 118 Å². The van der Waals surface area contributed by atoms with Crippen LogP contribution in [0.1, 0.15) is 19.8 Å². The molecular formula is C13H23N3O4. The minimum absolute atomic E-state index is 0.0804. The van der Waals surface area contributed by atoms with Crippen molar-refractivity contribution < 1.29 is 19.4 Å². The number of likely N-dealkylation sites (tertiary alicyclic amines) is 2. The summed E-state index contributed by atoms with van der Waals surface area (Å²) < 4.78 is 5.29.